The molecule has 104 valence electrons. The number of halogens is 1. The molecule has 3 nitrogen and oxygen atoms in total. The first-order valence-electron chi connectivity index (χ1n) is 6.83. The summed E-state index contributed by atoms with van der Waals surface area (Å²) in [5.41, 5.74) is 10.5. The van der Waals surface area contributed by atoms with Crippen LogP contribution < -0.4 is 5.73 Å². The number of nitrogen functional groups attached to an aromatic ring is 1. The topological polar surface area (TPSA) is 52.0 Å². The minimum atomic E-state index is 0.233. The van der Waals surface area contributed by atoms with E-state index >= 15 is 0 Å². The van der Waals surface area contributed by atoms with Crippen molar-refractivity contribution in [2.75, 3.05) is 5.73 Å². The summed E-state index contributed by atoms with van der Waals surface area (Å²) >= 11 is 5.95. The van der Waals surface area contributed by atoms with E-state index in [-0.39, 0.29) is 5.92 Å². The Labute approximate surface area is 127 Å². The molecule has 2 N–H and O–H groups in total. The minimum Gasteiger partial charge on any atom is -0.380 e. The van der Waals surface area contributed by atoms with E-state index in [2.05, 4.69) is 23.4 Å². The van der Waals surface area contributed by atoms with E-state index in [0.29, 0.717) is 10.8 Å². The van der Waals surface area contributed by atoms with E-state index in [9.17, 15) is 0 Å². The van der Waals surface area contributed by atoms with Crippen molar-refractivity contribution >= 4 is 17.4 Å². The Hall–Kier alpha value is -2.26. The molecule has 1 atom stereocenters. The number of nitrogens with zero attached hydrogens (tertiary/aromatic N) is 1. The highest BCUT2D eigenvalue weighted by Crippen LogP contribution is 2.45. The van der Waals surface area contributed by atoms with Crippen molar-refractivity contribution in [1.29, 1.82) is 0 Å². The second-order valence-electron chi connectivity index (χ2n) is 5.27. The van der Waals surface area contributed by atoms with Crippen LogP contribution >= 0.6 is 11.6 Å². The maximum absolute atomic E-state index is 6.01. The molecule has 4 heteroatoms. The fourth-order valence-corrected chi connectivity index (χ4v) is 3.08. The van der Waals surface area contributed by atoms with Crippen molar-refractivity contribution in [3.63, 3.8) is 0 Å². The van der Waals surface area contributed by atoms with Crippen LogP contribution in [0.1, 0.15) is 22.8 Å². The number of hydrogen-bond acceptors (Lipinski definition) is 3. The molecule has 0 amide bonds. The Morgan fingerprint density at radius 1 is 1.10 bits per heavy atom. The first-order valence-corrected chi connectivity index (χ1v) is 7.20. The van der Waals surface area contributed by atoms with Gasteiger partial charge in [0.2, 0.25) is 0 Å². The van der Waals surface area contributed by atoms with Crippen LogP contribution in [0.2, 0.25) is 5.02 Å². The molecule has 0 spiro atoms. The van der Waals surface area contributed by atoms with Gasteiger partial charge in [0.25, 0.3) is 0 Å². The molecular weight excluding hydrogens is 284 g/mol. The molecule has 1 aromatic heterocycles. The van der Waals surface area contributed by atoms with Crippen LogP contribution in [0.15, 0.2) is 53.1 Å². The predicted molar refractivity (Wildman–Crippen MR) is 83.4 cm³/mol. The van der Waals surface area contributed by atoms with E-state index in [0.717, 1.165) is 23.3 Å². The van der Waals surface area contributed by atoms with Crippen molar-refractivity contribution in [3.05, 3.63) is 70.4 Å². The number of aromatic nitrogens is 1. The molecule has 1 aliphatic rings. The van der Waals surface area contributed by atoms with Crippen molar-refractivity contribution in [3.8, 4) is 11.1 Å². The highest BCUT2D eigenvalue weighted by Gasteiger charge is 2.33. The first-order chi connectivity index (χ1) is 10.2. The van der Waals surface area contributed by atoms with Gasteiger partial charge in [0, 0.05) is 10.9 Å². The molecule has 4 rings (SSSR count). The second-order valence-corrected chi connectivity index (χ2v) is 5.71. The van der Waals surface area contributed by atoms with Gasteiger partial charge in [0.05, 0.1) is 5.56 Å². The average Bonchev–Trinajstić information content (AvgIpc) is 2.83. The van der Waals surface area contributed by atoms with Gasteiger partial charge < -0.3 is 10.3 Å². The average molecular weight is 297 g/mol. The monoisotopic (exact) mass is 296 g/mol. The van der Waals surface area contributed by atoms with E-state index in [1.807, 2.05) is 30.3 Å². The fraction of sp³-hybridized carbons (Fsp3) is 0.118. The number of rotatable bonds is 2. The highest BCUT2D eigenvalue weighted by atomic mass is 35.5. The minimum absolute atomic E-state index is 0.233. The zero-order valence-corrected chi connectivity index (χ0v) is 12.0. The van der Waals surface area contributed by atoms with Gasteiger partial charge in [0.1, 0.15) is 0 Å². The molecule has 1 heterocycles. The number of anilines is 1. The third-order valence-electron chi connectivity index (χ3n) is 4.05. The normalized spacial score (nSPS) is 16.3. The number of benzene rings is 2. The Morgan fingerprint density at radius 3 is 2.62 bits per heavy atom. The molecule has 0 aliphatic heterocycles. The van der Waals surface area contributed by atoms with Gasteiger partial charge in [-0.3, -0.25) is 0 Å². The quantitative estimate of drug-likeness (QED) is 0.768. The third kappa shape index (κ3) is 1.93. The predicted octanol–water partition coefficient (Wildman–Crippen LogP) is 4.27. The van der Waals surface area contributed by atoms with Crippen LogP contribution in [0.25, 0.3) is 11.1 Å². The molecule has 1 aliphatic carbocycles. The van der Waals surface area contributed by atoms with Gasteiger partial charge in [-0.15, -0.1) is 0 Å². The van der Waals surface area contributed by atoms with Gasteiger partial charge in [-0.1, -0.05) is 53.2 Å². The standard InChI is InChI=1S/C17H13ClN2O/c18-12-7-5-10(6-8-12)15-16(21-20-17(15)19)14-9-11-3-1-2-4-13(11)14/h1-8,14H,9H2,(H2,19,20). The van der Waals surface area contributed by atoms with E-state index in [4.69, 9.17) is 21.9 Å². The molecule has 21 heavy (non-hydrogen) atoms. The fourth-order valence-electron chi connectivity index (χ4n) is 2.95. The zero-order valence-electron chi connectivity index (χ0n) is 11.2. The Bertz CT molecular complexity index is 808. The molecule has 0 radical (unpaired) electrons. The SMILES string of the molecule is Nc1noc(C2Cc3ccccc32)c1-c1ccc(Cl)cc1. The molecule has 0 saturated heterocycles. The second kappa shape index (κ2) is 4.64. The lowest BCUT2D eigenvalue weighted by Gasteiger charge is -2.28. The smallest absolute Gasteiger partial charge is 0.175 e. The van der Waals surface area contributed by atoms with Gasteiger partial charge >= 0.3 is 0 Å². The molecule has 0 fully saturated rings. The van der Waals surface area contributed by atoms with Gasteiger partial charge in [-0.2, -0.15) is 0 Å². The van der Waals surface area contributed by atoms with Crippen molar-refractivity contribution in [1.82, 2.24) is 5.16 Å². The van der Waals surface area contributed by atoms with Crippen LogP contribution in [0.5, 0.6) is 0 Å². The Balaban J connectivity index is 1.81. The molecule has 1 unspecified atom stereocenters. The number of fused-ring (bicyclic) bond motifs is 1. The van der Waals surface area contributed by atoms with Crippen molar-refractivity contribution in [2.24, 2.45) is 0 Å². The summed E-state index contributed by atoms with van der Waals surface area (Å²) in [5, 5.41) is 4.66. The van der Waals surface area contributed by atoms with Gasteiger partial charge in [-0.25, -0.2) is 0 Å². The van der Waals surface area contributed by atoms with Crippen LogP contribution in [-0.4, -0.2) is 5.16 Å². The third-order valence-corrected chi connectivity index (χ3v) is 4.30. The lowest BCUT2D eigenvalue weighted by atomic mass is 9.75. The molecule has 2 aromatic carbocycles. The summed E-state index contributed by atoms with van der Waals surface area (Å²) in [6, 6.07) is 16.0. The van der Waals surface area contributed by atoms with Gasteiger partial charge in [-0.05, 0) is 35.2 Å². The summed E-state index contributed by atoms with van der Waals surface area (Å²) in [6.45, 7) is 0. The lowest BCUT2D eigenvalue weighted by molar-refractivity contribution is 0.365. The molecule has 0 saturated carbocycles. The summed E-state index contributed by atoms with van der Waals surface area (Å²) in [6.07, 6.45) is 0.964. The van der Waals surface area contributed by atoms with Crippen LogP contribution in [-0.2, 0) is 6.42 Å². The van der Waals surface area contributed by atoms with Crippen molar-refractivity contribution < 1.29 is 4.52 Å². The van der Waals surface area contributed by atoms with Gasteiger partial charge in [0.15, 0.2) is 11.6 Å². The maximum atomic E-state index is 6.01. The summed E-state index contributed by atoms with van der Waals surface area (Å²) < 4.78 is 5.53. The molecule has 0 bridgehead atoms. The number of hydrogen-bond donors (Lipinski definition) is 1. The van der Waals surface area contributed by atoms with E-state index < -0.39 is 0 Å². The van der Waals surface area contributed by atoms with E-state index in [1.54, 1.807) is 0 Å². The van der Waals surface area contributed by atoms with E-state index in [1.165, 1.54) is 11.1 Å². The largest absolute Gasteiger partial charge is 0.380 e. The highest BCUT2D eigenvalue weighted by molar-refractivity contribution is 6.30. The lowest BCUT2D eigenvalue weighted by Crippen LogP contribution is -2.18. The Kier molecular flexibility index (Phi) is 2.76. The first kappa shape index (κ1) is 12.5. The Morgan fingerprint density at radius 2 is 1.86 bits per heavy atom. The zero-order chi connectivity index (χ0) is 14.4. The summed E-state index contributed by atoms with van der Waals surface area (Å²) in [4.78, 5) is 0. The van der Waals surface area contributed by atoms with Crippen LogP contribution in [0.3, 0.4) is 0 Å². The summed E-state index contributed by atoms with van der Waals surface area (Å²) in [5.74, 6) is 1.50. The number of nitrogens with two attached hydrogens (primary N) is 1. The molecular formula is C17H13ClN2O. The molecule has 3 aromatic rings. The van der Waals surface area contributed by atoms with Crippen LogP contribution in [0, 0.1) is 0 Å². The van der Waals surface area contributed by atoms with Crippen LogP contribution in [0.4, 0.5) is 5.82 Å². The van der Waals surface area contributed by atoms with Crippen molar-refractivity contribution in [2.45, 2.75) is 12.3 Å². The summed E-state index contributed by atoms with van der Waals surface area (Å²) in [7, 11) is 0. The maximum Gasteiger partial charge on any atom is 0.175 e.